The number of hydrogen-bond acceptors (Lipinski definition) is 4. The molecule has 16 heavy (non-hydrogen) atoms. The summed E-state index contributed by atoms with van der Waals surface area (Å²) in [6.07, 6.45) is 2.58. The van der Waals surface area contributed by atoms with Crippen LogP contribution in [0.2, 0.25) is 0 Å². The van der Waals surface area contributed by atoms with E-state index in [0.29, 0.717) is 22.1 Å². The molecule has 0 aromatic heterocycles. The van der Waals surface area contributed by atoms with Gasteiger partial charge in [-0.2, -0.15) is 0 Å². The molecule has 0 N–H and O–H groups in total. The van der Waals surface area contributed by atoms with Crippen molar-refractivity contribution in [1.82, 2.24) is 0 Å². The van der Waals surface area contributed by atoms with Gasteiger partial charge in [-0.05, 0) is 27.5 Å². The number of rotatable bonds is 3. The zero-order chi connectivity index (χ0) is 11.5. The summed E-state index contributed by atoms with van der Waals surface area (Å²) in [6, 6.07) is 5.37. The third kappa shape index (κ3) is 1.74. The molecule has 1 unspecified atom stereocenters. The summed E-state index contributed by atoms with van der Waals surface area (Å²) in [4.78, 5) is 3.95. The van der Waals surface area contributed by atoms with Gasteiger partial charge in [0.25, 0.3) is 0 Å². The zero-order valence-electron chi connectivity index (χ0n) is 8.89. The Morgan fingerprint density at radius 2 is 2.12 bits per heavy atom. The molecule has 0 saturated heterocycles. The van der Waals surface area contributed by atoms with Crippen molar-refractivity contribution >= 4 is 15.8 Å². The van der Waals surface area contributed by atoms with Gasteiger partial charge in [-0.15, -0.1) is 6.20 Å². The standard InChI is InChI=1S/C11H10NO3S/c1-14-9-5-3-4-8(10(9)15-2)11-12-6-7-16(11)13/h3-5,7H,1-2H3/q-1. The summed E-state index contributed by atoms with van der Waals surface area (Å²) in [5.41, 5.74) is 0.668. The lowest BCUT2D eigenvalue weighted by atomic mass is 10.2. The molecule has 1 atom stereocenters. The van der Waals surface area contributed by atoms with E-state index in [9.17, 15) is 4.21 Å². The van der Waals surface area contributed by atoms with Gasteiger partial charge in [-0.1, -0.05) is 17.5 Å². The van der Waals surface area contributed by atoms with E-state index in [1.807, 2.05) is 0 Å². The van der Waals surface area contributed by atoms with Crippen LogP contribution in [0.4, 0.5) is 0 Å². The van der Waals surface area contributed by atoms with Gasteiger partial charge < -0.3 is 14.5 Å². The monoisotopic (exact) mass is 236 g/mol. The average Bonchev–Trinajstić information content (AvgIpc) is 2.74. The molecule has 1 heterocycles. The highest BCUT2D eigenvalue weighted by Gasteiger charge is 2.12. The van der Waals surface area contributed by atoms with Crippen molar-refractivity contribution in [2.45, 2.75) is 0 Å². The van der Waals surface area contributed by atoms with Gasteiger partial charge in [-0.25, -0.2) is 0 Å². The van der Waals surface area contributed by atoms with Crippen molar-refractivity contribution < 1.29 is 13.7 Å². The molecule has 2 rings (SSSR count). The molecule has 1 aromatic carbocycles. The molecule has 5 heteroatoms. The van der Waals surface area contributed by atoms with Gasteiger partial charge in [-0.3, -0.25) is 4.21 Å². The highest BCUT2D eigenvalue weighted by atomic mass is 32.2. The maximum atomic E-state index is 11.6. The van der Waals surface area contributed by atoms with Crippen molar-refractivity contribution in [2.75, 3.05) is 14.2 Å². The lowest BCUT2D eigenvalue weighted by Gasteiger charge is -2.16. The van der Waals surface area contributed by atoms with Crippen LogP contribution in [0, 0.1) is 6.20 Å². The number of para-hydroxylation sites is 1. The third-order valence-electron chi connectivity index (χ3n) is 2.15. The molecule has 0 fully saturated rings. The highest BCUT2D eigenvalue weighted by molar-refractivity contribution is 8.04. The Labute approximate surface area is 96.1 Å². The molecule has 1 aromatic rings. The predicted molar refractivity (Wildman–Crippen MR) is 62.0 cm³/mol. The number of nitrogens with zero attached hydrogens (tertiary/aromatic N) is 1. The van der Waals surface area contributed by atoms with Crippen LogP contribution >= 0.6 is 0 Å². The van der Waals surface area contributed by atoms with E-state index >= 15 is 0 Å². The van der Waals surface area contributed by atoms with Crippen molar-refractivity contribution in [3.05, 3.63) is 35.4 Å². The van der Waals surface area contributed by atoms with Crippen molar-refractivity contribution in [3.63, 3.8) is 0 Å². The third-order valence-corrected chi connectivity index (χ3v) is 3.16. The Morgan fingerprint density at radius 1 is 1.31 bits per heavy atom. The fraction of sp³-hybridized carbons (Fsp3) is 0.182. The van der Waals surface area contributed by atoms with E-state index in [2.05, 4.69) is 11.2 Å². The van der Waals surface area contributed by atoms with Crippen LogP contribution in [0.1, 0.15) is 5.56 Å². The van der Waals surface area contributed by atoms with Crippen molar-refractivity contribution in [1.29, 1.82) is 0 Å². The van der Waals surface area contributed by atoms with Crippen LogP contribution in [-0.4, -0.2) is 23.5 Å². The van der Waals surface area contributed by atoms with Crippen LogP contribution in [0.15, 0.2) is 28.6 Å². The Bertz CT molecular complexity index is 494. The van der Waals surface area contributed by atoms with E-state index in [4.69, 9.17) is 9.47 Å². The molecule has 4 nitrogen and oxygen atoms in total. The minimum atomic E-state index is -1.26. The SMILES string of the molecule is COc1cccc(C2=N[C-]=CS2=O)c1OC. The topological polar surface area (TPSA) is 47.9 Å². The summed E-state index contributed by atoms with van der Waals surface area (Å²) < 4.78 is 22.0. The molecule has 0 amide bonds. The second kappa shape index (κ2) is 4.49. The Kier molecular flexibility index (Phi) is 3.05. The molecule has 1 aliphatic heterocycles. The molecule has 0 bridgehead atoms. The minimum absolute atomic E-state index is 0.441. The first kappa shape index (κ1) is 10.9. The molecular formula is C11H10NO3S-. The second-order valence-electron chi connectivity index (χ2n) is 3.00. The summed E-state index contributed by atoms with van der Waals surface area (Å²) in [5, 5.41) is 1.85. The second-order valence-corrected chi connectivity index (χ2v) is 4.22. The first-order valence-electron chi connectivity index (χ1n) is 4.56. The molecule has 84 valence electrons. The predicted octanol–water partition coefficient (Wildman–Crippen LogP) is 1.49. The maximum Gasteiger partial charge on any atom is 0.159 e. The Balaban J connectivity index is 2.53. The maximum absolute atomic E-state index is 11.6. The van der Waals surface area contributed by atoms with E-state index in [-0.39, 0.29) is 0 Å². The van der Waals surface area contributed by atoms with Crippen molar-refractivity contribution in [2.24, 2.45) is 4.99 Å². The highest BCUT2D eigenvalue weighted by Crippen LogP contribution is 2.32. The number of ether oxygens (including phenoxy) is 2. The molecule has 0 saturated carbocycles. The van der Waals surface area contributed by atoms with E-state index in [0.717, 1.165) is 0 Å². The molecule has 0 spiro atoms. The number of methoxy groups -OCH3 is 2. The quantitative estimate of drug-likeness (QED) is 0.747. The van der Waals surface area contributed by atoms with Crippen molar-refractivity contribution in [3.8, 4) is 11.5 Å². The number of aliphatic imine (C=N–C) groups is 1. The van der Waals surface area contributed by atoms with Crippen LogP contribution in [0.25, 0.3) is 0 Å². The molecular weight excluding hydrogens is 226 g/mol. The number of benzene rings is 1. The van der Waals surface area contributed by atoms with Gasteiger partial charge in [0.1, 0.15) is 0 Å². The van der Waals surface area contributed by atoms with E-state index in [1.165, 1.54) is 12.5 Å². The summed E-state index contributed by atoms with van der Waals surface area (Å²) in [7, 11) is 1.84. The number of hydrogen-bond donors (Lipinski definition) is 0. The summed E-state index contributed by atoms with van der Waals surface area (Å²) in [6.45, 7) is 0. The Hall–Kier alpha value is -1.62. The molecule has 0 aliphatic carbocycles. The van der Waals surface area contributed by atoms with Crippen LogP contribution in [0.5, 0.6) is 11.5 Å². The van der Waals surface area contributed by atoms with Gasteiger partial charge in [0.15, 0.2) is 11.5 Å². The normalized spacial score (nSPS) is 18.4. The Morgan fingerprint density at radius 3 is 2.69 bits per heavy atom. The summed E-state index contributed by atoms with van der Waals surface area (Å²) in [5.74, 6) is 1.13. The fourth-order valence-electron chi connectivity index (χ4n) is 1.46. The van der Waals surface area contributed by atoms with Gasteiger partial charge in [0, 0.05) is 0 Å². The van der Waals surface area contributed by atoms with Crippen LogP contribution < -0.4 is 9.47 Å². The van der Waals surface area contributed by atoms with Gasteiger partial charge in [0.2, 0.25) is 0 Å². The van der Waals surface area contributed by atoms with E-state index < -0.39 is 10.8 Å². The largest absolute Gasteiger partial charge is 0.494 e. The first-order chi connectivity index (χ1) is 7.77. The van der Waals surface area contributed by atoms with Gasteiger partial charge in [0.05, 0.1) is 14.2 Å². The van der Waals surface area contributed by atoms with Crippen LogP contribution in [0.3, 0.4) is 0 Å². The lowest BCUT2D eigenvalue weighted by molar-refractivity contribution is 0.354. The molecule has 1 aliphatic rings. The summed E-state index contributed by atoms with van der Waals surface area (Å²) >= 11 is 0. The van der Waals surface area contributed by atoms with Crippen LogP contribution in [-0.2, 0) is 10.8 Å². The lowest BCUT2D eigenvalue weighted by Crippen LogP contribution is -2.06. The first-order valence-corrected chi connectivity index (χ1v) is 5.77. The van der Waals surface area contributed by atoms with E-state index in [1.54, 1.807) is 25.3 Å². The zero-order valence-corrected chi connectivity index (χ0v) is 9.71. The fourth-order valence-corrected chi connectivity index (χ4v) is 2.24. The minimum Gasteiger partial charge on any atom is -0.494 e. The average molecular weight is 236 g/mol. The smallest absolute Gasteiger partial charge is 0.159 e. The van der Waals surface area contributed by atoms with Gasteiger partial charge >= 0.3 is 0 Å². The molecule has 0 radical (unpaired) electrons.